The average molecular weight is 875 g/mol. The molecular formula is C55H58N2O6S. The van der Waals surface area contributed by atoms with Crippen molar-refractivity contribution in [1.82, 2.24) is 4.98 Å². The Kier molecular flexibility index (Phi) is 14.8. The fourth-order valence-corrected chi connectivity index (χ4v) is 9.14. The summed E-state index contributed by atoms with van der Waals surface area (Å²) in [5.74, 6) is 3.43. The van der Waals surface area contributed by atoms with Gasteiger partial charge in [0.25, 0.3) is 0 Å². The van der Waals surface area contributed by atoms with Crippen LogP contribution in [-0.2, 0) is 37.0 Å². The Labute approximate surface area is 381 Å². The zero-order chi connectivity index (χ0) is 44.3. The minimum absolute atomic E-state index is 0.135. The molecule has 0 spiro atoms. The lowest BCUT2D eigenvalue weighted by molar-refractivity contribution is 0.155. The molecule has 0 unspecified atom stereocenters. The summed E-state index contributed by atoms with van der Waals surface area (Å²) in [5.41, 5.74) is 11.4. The number of thiophene rings is 1. The molecule has 0 saturated carbocycles. The van der Waals surface area contributed by atoms with Gasteiger partial charge in [0.1, 0.15) is 29.6 Å². The number of benzene rings is 5. The number of para-hydroxylation sites is 3. The average Bonchev–Trinajstić information content (AvgIpc) is 3.86. The fraction of sp³-hybridized carbons (Fsp3) is 0.309. The number of nitrogens with one attached hydrogen (secondary N) is 1. The van der Waals surface area contributed by atoms with Crippen molar-refractivity contribution in [2.24, 2.45) is 0 Å². The van der Waals surface area contributed by atoms with Crippen molar-refractivity contribution in [1.29, 1.82) is 0 Å². The van der Waals surface area contributed by atoms with Crippen LogP contribution >= 0.6 is 11.3 Å². The zero-order valence-corrected chi connectivity index (χ0v) is 38.3. The standard InChI is InChI=1S/C55H58N2O6S/c1-5-25-59-51-38-18-12-19-39(51)31-41-21-14-23-43(53(41)61-27-7-3)33-45-50-47(34-44(54(45)62-28-8-4)32-42-22-13-20-40(30-38)52(42)60-26-6-2)56-46(49-24-15-29-64-49)35-48(50)57-55(58)63-36-37-16-10-9-11-17-37/h9-24,29,34-35H,5-8,25-28,30-33,36H2,1-4H3,(H,56,57,58). The molecule has 2 aromatic heterocycles. The molecule has 1 aliphatic rings. The van der Waals surface area contributed by atoms with Crippen LogP contribution in [-0.4, -0.2) is 37.5 Å². The molecule has 8 bridgehead atoms. The predicted molar refractivity (Wildman–Crippen MR) is 259 cm³/mol. The molecule has 1 aliphatic carbocycles. The van der Waals surface area contributed by atoms with Crippen molar-refractivity contribution in [3.05, 3.63) is 165 Å². The van der Waals surface area contributed by atoms with E-state index in [4.69, 9.17) is 28.7 Å². The lowest BCUT2D eigenvalue weighted by Gasteiger charge is -2.24. The molecule has 8 nitrogen and oxygen atoms in total. The van der Waals surface area contributed by atoms with Crippen LogP contribution in [0.5, 0.6) is 23.0 Å². The van der Waals surface area contributed by atoms with Gasteiger partial charge in [0, 0.05) is 42.2 Å². The van der Waals surface area contributed by atoms with Crippen LogP contribution in [0.3, 0.4) is 0 Å². The van der Waals surface area contributed by atoms with Crippen molar-refractivity contribution in [2.75, 3.05) is 31.7 Å². The molecular weight excluding hydrogens is 817 g/mol. The molecule has 0 atom stereocenters. The van der Waals surface area contributed by atoms with Gasteiger partial charge in [-0.3, -0.25) is 5.32 Å². The Morgan fingerprint density at radius 2 is 1.06 bits per heavy atom. The monoisotopic (exact) mass is 874 g/mol. The van der Waals surface area contributed by atoms with Crippen LogP contribution < -0.4 is 24.3 Å². The highest BCUT2D eigenvalue weighted by atomic mass is 32.1. The lowest BCUT2D eigenvalue weighted by Crippen LogP contribution is -2.15. The molecule has 0 saturated heterocycles. The number of carbonyl (C=O) groups excluding carboxylic acids is 1. The largest absolute Gasteiger partial charge is 0.493 e. The van der Waals surface area contributed by atoms with Crippen molar-refractivity contribution >= 4 is 34.0 Å². The second-order valence-electron chi connectivity index (χ2n) is 16.3. The topological polar surface area (TPSA) is 88.1 Å². The van der Waals surface area contributed by atoms with Gasteiger partial charge in [-0.1, -0.05) is 119 Å². The SMILES string of the molecule is CCCOc1c2cccc1Cc1cccc(c1OCCC)Cc1c(OCCC)c(cc3nc(-c4cccs4)cc(NC(=O)OCc4ccccc4)c13)Cc1cccc(c1OCCC)C2. The molecule has 0 radical (unpaired) electrons. The molecule has 0 fully saturated rings. The van der Waals surface area contributed by atoms with Gasteiger partial charge < -0.3 is 23.7 Å². The zero-order valence-electron chi connectivity index (χ0n) is 37.5. The van der Waals surface area contributed by atoms with Crippen LogP contribution in [0.2, 0.25) is 0 Å². The van der Waals surface area contributed by atoms with Crippen molar-refractivity contribution in [3.8, 4) is 33.6 Å². The number of hydrogen-bond donors (Lipinski definition) is 1. The van der Waals surface area contributed by atoms with Gasteiger partial charge in [0.15, 0.2) is 0 Å². The summed E-state index contributed by atoms with van der Waals surface area (Å²) in [5, 5.41) is 6.01. The first kappa shape index (κ1) is 44.3. The number of rotatable bonds is 16. The highest BCUT2D eigenvalue weighted by molar-refractivity contribution is 7.13. The van der Waals surface area contributed by atoms with E-state index < -0.39 is 6.09 Å². The molecule has 5 aromatic carbocycles. The first-order valence-electron chi connectivity index (χ1n) is 22.8. The van der Waals surface area contributed by atoms with E-state index in [-0.39, 0.29) is 6.61 Å². The number of anilines is 1. The third-order valence-electron chi connectivity index (χ3n) is 11.3. The maximum absolute atomic E-state index is 13.9. The van der Waals surface area contributed by atoms with Gasteiger partial charge in [-0.15, -0.1) is 11.3 Å². The highest BCUT2D eigenvalue weighted by Crippen LogP contribution is 2.44. The Morgan fingerprint density at radius 3 is 1.56 bits per heavy atom. The van der Waals surface area contributed by atoms with Crippen molar-refractivity contribution in [2.45, 2.75) is 85.7 Å². The van der Waals surface area contributed by atoms with Gasteiger partial charge in [-0.05, 0) is 88.2 Å². The van der Waals surface area contributed by atoms with E-state index in [9.17, 15) is 4.79 Å². The summed E-state index contributed by atoms with van der Waals surface area (Å²) < 4.78 is 33.0. The molecule has 1 amide bonds. The first-order chi connectivity index (χ1) is 31.5. The second-order valence-corrected chi connectivity index (χ2v) is 17.2. The van der Waals surface area contributed by atoms with Crippen molar-refractivity contribution in [3.63, 3.8) is 0 Å². The maximum atomic E-state index is 13.9. The smallest absolute Gasteiger partial charge is 0.411 e. The van der Waals surface area contributed by atoms with Crippen LogP contribution in [0.15, 0.2) is 115 Å². The molecule has 9 heteroatoms. The minimum Gasteiger partial charge on any atom is -0.493 e. The lowest BCUT2D eigenvalue weighted by atomic mass is 9.89. The molecule has 0 aliphatic heterocycles. The van der Waals surface area contributed by atoms with E-state index in [0.717, 1.165) is 120 Å². The molecule has 7 aromatic rings. The summed E-state index contributed by atoms with van der Waals surface area (Å²) in [4.78, 5) is 20.2. The van der Waals surface area contributed by atoms with Gasteiger partial charge in [-0.25, -0.2) is 9.78 Å². The van der Waals surface area contributed by atoms with E-state index in [2.05, 4.69) is 99.7 Å². The number of amides is 1. The number of fused-ring (bicyclic) bond motifs is 10. The second kappa shape index (κ2) is 21.4. The Hall–Kier alpha value is -6.32. The minimum atomic E-state index is -0.555. The number of aromatic nitrogens is 1. The number of ether oxygens (including phenoxy) is 5. The third-order valence-corrected chi connectivity index (χ3v) is 12.2. The Morgan fingerprint density at radius 1 is 0.562 bits per heavy atom. The number of pyridine rings is 1. The van der Waals surface area contributed by atoms with Gasteiger partial charge in [0.2, 0.25) is 0 Å². The van der Waals surface area contributed by atoms with Crippen LogP contribution in [0.1, 0.15) is 103 Å². The molecule has 64 heavy (non-hydrogen) atoms. The Balaban J connectivity index is 1.40. The summed E-state index contributed by atoms with van der Waals surface area (Å²) in [6.07, 6.45) is 5.11. The summed E-state index contributed by atoms with van der Waals surface area (Å²) in [6, 6.07) is 37.3. The number of carbonyl (C=O) groups is 1. The van der Waals surface area contributed by atoms with E-state index >= 15 is 0 Å². The molecule has 8 rings (SSSR count). The maximum Gasteiger partial charge on any atom is 0.411 e. The fourth-order valence-electron chi connectivity index (χ4n) is 8.45. The molecule has 330 valence electrons. The first-order valence-corrected chi connectivity index (χ1v) is 23.7. The molecule has 2 heterocycles. The van der Waals surface area contributed by atoms with E-state index in [0.29, 0.717) is 57.8 Å². The quantitative estimate of drug-likeness (QED) is 0.103. The number of hydrogen-bond acceptors (Lipinski definition) is 8. The van der Waals surface area contributed by atoms with Crippen LogP contribution in [0.25, 0.3) is 21.5 Å². The normalized spacial score (nSPS) is 12.1. The van der Waals surface area contributed by atoms with E-state index in [1.54, 1.807) is 11.3 Å². The predicted octanol–water partition coefficient (Wildman–Crippen LogP) is 13.5. The Bertz CT molecular complexity index is 2680. The number of nitrogens with zero attached hydrogens (tertiary/aromatic N) is 1. The highest BCUT2D eigenvalue weighted by Gasteiger charge is 2.26. The van der Waals surface area contributed by atoms with Crippen LogP contribution in [0, 0.1) is 0 Å². The molecule has 1 N–H and O–H groups in total. The summed E-state index contributed by atoms with van der Waals surface area (Å²) in [7, 11) is 0. The summed E-state index contributed by atoms with van der Waals surface area (Å²) in [6.45, 7) is 10.9. The third kappa shape index (κ3) is 10.2. The van der Waals surface area contributed by atoms with Gasteiger partial charge >= 0.3 is 6.09 Å². The van der Waals surface area contributed by atoms with E-state index in [1.165, 1.54) is 0 Å². The van der Waals surface area contributed by atoms with Gasteiger partial charge in [0.05, 0.1) is 48.2 Å². The van der Waals surface area contributed by atoms with Crippen LogP contribution in [0.4, 0.5) is 10.5 Å². The summed E-state index contributed by atoms with van der Waals surface area (Å²) >= 11 is 1.61. The van der Waals surface area contributed by atoms with Crippen molar-refractivity contribution < 1.29 is 28.5 Å². The van der Waals surface area contributed by atoms with Gasteiger partial charge in [-0.2, -0.15) is 0 Å². The van der Waals surface area contributed by atoms with E-state index in [1.807, 2.05) is 47.8 Å².